The lowest BCUT2D eigenvalue weighted by Gasteiger charge is -2.36. The number of hydrogen-bond acceptors (Lipinski definition) is 4. The van der Waals surface area contributed by atoms with E-state index in [9.17, 15) is 13.2 Å². The van der Waals surface area contributed by atoms with E-state index in [1.165, 1.54) is 35.5 Å². The maximum absolute atomic E-state index is 12.4. The van der Waals surface area contributed by atoms with Crippen LogP contribution in [-0.2, 0) is 10.0 Å². The van der Waals surface area contributed by atoms with Gasteiger partial charge in [-0.15, -0.1) is 0 Å². The highest BCUT2D eigenvalue weighted by Crippen LogP contribution is 2.18. The monoisotopic (exact) mass is 374 g/mol. The molecule has 0 aromatic heterocycles. The first kappa shape index (κ1) is 18.2. The fraction of sp³-hybridized carbons (Fsp3) is 0.278. The van der Waals surface area contributed by atoms with Crippen LogP contribution in [0.1, 0.15) is 5.56 Å². The maximum atomic E-state index is 12.4. The fourth-order valence-electron chi connectivity index (χ4n) is 2.92. The zero-order valence-electron chi connectivity index (χ0n) is 14.6. The van der Waals surface area contributed by atoms with Crippen LogP contribution in [0, 0.1) is 6.92 Å². The van der Waals surface area contributed by atoms with Crippen LogP contribution >= 0.6 is 0 Å². The molecule has 1 fully saturated rings. The number of nitrogens with two attached hydrogens (primary N) is 1. The molecule has 0 aliphatic carbocycles. The highest BCUT2D eigenvalue weighted by molar-refractivity contribution is 7.89. The Kier molecular flexibility index (Phi) is 5.15. The number of nitrogens with zero attached hydrogens (tertiary/aromatic N) is 2. The van der Waals surface area contributed by atoms with Gasteiger partial charge in [0, 0.05) is 37.6 Å². The van der Waals surface area contributed by atoms with E-state index in [1.54, 1.807) is 4.90 Å². The molecule has 0 atom stereocenters. The van der Waals surface area contributed by atoms with Crippen LogP contribution in [0.5, 0.6) is 0 Å². The molecule has 0 unspecified atom stereocenters. The molecular weight excluding hydrogens is 352 g/mol. The highest BCUT2D eigenvalue weighted by atomic mass is 32.2. The largest absolute Gasteiger partial charge is 0.368 e. The van der Waals surface area contributed by atoms with Gasteiger partial charge < -0.3 is 15.1 Å². The summed E-state index contributed by atoms with van der Waals surface area (Å²) in [7, 11) is -3.73. The second kappa shape index (κ2) is 7.35. The number of primary sulfonamides is 1. The summed E-state index contributed by atoms with van der Waals surface area (Å²) in [6.07, 6.45) is 0. The molecule has 8 heteroatoms. The number of aryl methyl sites for hydroxylation is 1. The minimum atomic E-state index is -3.73. The topological polar surface area (TPSA) is 95.7 Å². The van der Waals surface area contributed by atoms with Crippen molar-refractivity contribution in [3.63, 3.8) is 0 Å². The maximum Gasteiger partial charge on any atom is 0.321 e. The molecule has 26 heavy (non-hydrogen) atoms. The molecule has 1 heterocycles. The van der Waals surface area contributed by atoms with Gasteiger partial charge in [0.25, 0.3) is 0 Å². The predicted octanol–water partition coefficient (Wildman–Crippen LogP) is 2.00. The zero-order valence-corrected chi connectivity index (χ0v) is 15.4. The number of carbonyl (C=O) groups excluding carboxylic acids is 1. The lowest BCUT2D eigenvalue weighted by Crippen LogP contribution is -2.50. The quantitative estimate of drug-likeness (QED) is 0.859. The average molecular weight is 374 g/mol. The third-order valence-electron chi connectivity index (χ3n) is 4.37. The Labute approximate surface area is 153 Å². The summed E-state index contributed by atoms with van der Waals surface area (Å²) in [5.41, 5.74) is 2.91. The van der Waals surface area contributed by atoms with Gasteiger partial charge in [0.05, 0.1) is 4.90 Å². The van der Waals surface area contributed by atoms with E-state index in [2.05, 4.69) is 35.3 Å². The molecule has 2 amide bonds. The number of benzene rings is 2. The Morgan fingerprint density at radius 3 is 2.27 bits per heavy atom. The van der Waals surface area contributed by atoms with Gasteiger partial charge in [0.15, 0.2) is 0 Å². The van der Waals surface area contributed by atoms with Gasteiger partial charge in [-0.1, -0.05) is 12.1 Å². The summed E-state index contributed by atoms with van der Waals surface area (Å²) in [6, 6.07) is 13.9. The first-order chi connectivity index (χ1) is 12.3. The second-order valence-electron chi connectivity index (χ2n) is 6.31. The molecule has 7 nitrogen and oxygen atoms in total. The van der Waals surface area contributed by atoms with Gasteiger partial charge in [-0.05, 0) is 48.9 Å². The minimum Gasteiger partial charge on any atom is -0.368 e. The summed E-state index contributed by atoms with van der Waals surface area (Å²) in [5.74, 6) is 0. The van der Waals surface area contributed by atoms with Crippen LogP contribution in [0.2, 0.25) is 0 Å². The summed E-state index contributed by atoms with van der Waals surface area (Å²) in [6.45, 7) is 4.83. The molecule has 0 radical (unpaired) electrons. The average Bonchev–Trinajstić information content (AvgIpc) is 2.61. The summed E-state index contributed by atoms with van der Waals surface area (Å²) >= 11 is 0. The van der Waals surface area contributed by atoms with E-state index in [0.717, 1.165) is 13.1 Å². The van der Waals surface area contributed by atoms with Crippen molar-refractivity contribution in [2.24, 2.45) is 5.14 Å². The lowest BCUT2D eigenvalue weighted by atomic mass is 10.2. The Hall–Kier alpha value is -2.58. The number of rotatable bonds is 3. The van der Waals surface area contributed by atoms with Gasteiger partial charge in [-0.3, -0.25) is 0 Å². The number of nitrogens with one attached hydrogen (secondary N) is 1. The van der Waals surface area contributed by atoms with Crippen molar-refractivity contribution in [3.8, 4) is 0 Å². The summed E-state index contributed by atoms with van der Waals surface area (Å²) in [4.78, 5) is 16.4. The molecule has 138 valence electrons. The van der Waals surface area contributed by atoms with E-state index in [-0.39, 0.29) is 10.9 Å². The standard InChI is InChI=1S/C18H22N4O3S/c1-14-3-2-4-16(13-14)21-9-11-22(12-10-21)18(23)20-15-5-7-17(8-6-15)26(19,24)25/h2-8,13H,9-12H2,1H3,(H,20,23)(H2,19,24,25). The molecule has 2 aromatic rings. The molecule has 0 bridgehead atoms. The van der Waals surface area contributed by atoms with Crippen LogP contribution in [-0.4, -0.2) is 45.5 Å². The Balaban J connectivity index is 1.57. The van der Waals surface area contributed by atoms with Crippen molar-refractivity contribution in [1.29, 1.82) is 0 Å². The number of amides is 2. The van der Waals surface area contributed by atoms with Crippen LogP contribution in [0.25, 0.3) is 0 Å². The van der Waals surface area contributed by atoms with Gasteiger partial charge in [-0.2, -0.15) is 0 Å². The molecule has 1 aliphatic rings. The summed E-state index contributed by atoms with van der Waals surface area (Å²) < 4.78 is 22.5. The predicted molar refractivity (Wildman–Crippen MR) is 102 cm³/mol. The number of anilines is 2. The molecule has 1 saturated heterocycles. The summed E-state index contributed by atoms with van der Waals surface area (Å²) in [5, 5.41) is 7.85. The van der Waals surface area contributed by atoms with E-state index in [1.807, 2.05) is 6.07 Å². The van der Waals surface area contributed by atoms with Gasteiger partial charge in [0.1, 0.15) is 0 Å². The van der Waals surface area contributed by atoms with Crippen molar-refractivity contribution < 1.29 is 13.2 Å². The number of piperazine rings is 1. The van der Waals surface area contributed by atoms with Gasteiger partial charge in [0.2, 0.25) is 10.0 Å². The number of carbonyl (C=O) groups is 1. The SMILES string of the molecule is Cc1cccc(N2CCN(C(=O)Nc3ccc(S(N)(=O)=O)cc3)CC2)c1. The third-order valence-corrected chi connectivity index (χ3v) is 5.30. The molecule has 2 aromatic carbocycles. The normalized spacial score (nSPS) is 15.0. The van der Waals surface area contributed by atoms with E-state index in [4.69, 9.17) is 5.14 Å². The van der Waals surface area contributed by atoms with Crippen LogP contribution in [0.15, 0.2) is 53.4 Å². The van der Waals surface area contributed by atoms with E-state index in [0.29, 0.717) is 18.8 Å². The van der Waals surface area contributed by atoms with Crippen LogP contribution in [0.3, 0.4) is 0 Å². The molecule has 0 saturated carbocycles. The van der Waals surface area contributed by atoms with Crippen LogP contribution in [0.4, 0.5) is 16.2 Å². The first-order valence-electron chi connectivity index (χ1n) is 8.33. The Bertz CT molecular complexity index is 889. The van der Waals surface area contributed by atoms with Crippen molar-refractivity contribution in [2.45, 2.75) is 11.8 Å². The third kappa shape index (κ3) is 4.33. The van der Waals surface area contributed by atoms with Crippen molar-refractivity contribution >= 4 is 27.4 Å². The number of sulfonamides is 1. The van der Waals surface area contributed by atoms with Gasteiger partial charge in [-0.25, -0.2) is 18.4 Å². The smallest absolute Gasteiger partial charge is 0.321 e. The van der Waals surface area contributed by atoms with E-state index < -0.39 is 10.0 Å². The fourth-order valence-corrected chi connectivity index (χ4v) is 3.44. The molecular formula is C18H22N4O3S. The lowest BCUT2D eigenvalue weighted by molar-refractivity contribution is 0.208. The highest BCUT2D eigenvalue weighted by Gasteiger charge is 2.21. The van der Waals surface area contributed by atoms with Crippen molar-refractivity contribution in [3.05, 3.63) is 54.1 Å². The number of hydrogen-bond donors (Lipinski definition) is 2. The van der Waals surface area contributed by atoms with E-state index >= 15 is 0 Å². The Morgan fingerprint density at radius 2 is 1.69 bits per heavy atom. The van der Waals surface area contributed by atoms with Gasteiger partial charge >= 0.3 is 6.03 Å². The van der Waals surface area contributed by atoms with Crippen molar-refractivity contribution in [1.82, 2.24) is 4.90 Å². The molecule has 0 spiro atoms. The van der Waals surface area contributed by atoms with Crippen molar-refractivity contribution in [2.75, 3.05) is 36.4 Å². The second-order valence-corrected chi connectivity index (χ2v) is 7.87. The first-order valence-corrected chi connectivity index (χ1v) is 9.88. The minimum absolute atomic E-state index is 0.0160. The molecule has 3 rings (SSSR count). The molecule has 3 N–H and O–H groups in total. The number of urea groups is 1. The Morgan fingerprint density at radius 1 is 1.04 bits per heavy atom. The molecule has 1 aliphatic heterocycles. The zero-order chi connectivity index (χ0) is 18.7. The van der Waals surface area contributed by atoms with Crippen LogP contribution < -0.4 is 15.4 Å².